The highest BCUT2D eigenvalue weighted by molar-refractivity contribution is 5.93. The van der Waals surface area contributed by atoms with E-state index in [4.69, 9.17) is 0 Å². The van der Waals surface area contributed by atoms with Gasteiger partial charge in [0, 0.05) is 24.7 Å². The van der Waals surface area contributed by atoms with Gasteiger partial charge in [0.1, 0.15) is 11.5 Å². The number of hydrogen-bond acceptors (Lipinski definition) is 3. The average Bonchev–Trinajstić information content (AvgIpc) is 3.34. The predicted molar refractivity (Wildman–Crippen MR) is 93.7 cm³/mol. The number of carbonyl (C=O) groups is 1. The first-order valence-corrected chi connectivity index (χ1v) is 9.05. The lowest BCUT2D eigenvalue weighted by atomic mass is 10.0. The van der Waals surface area contributed by atoms with E-state index >= 15 is 0 Å². The number of halogens is 1. The lowest BCUT2D eigenvalue weighted by Crippen LogP contribution is -2.49. The Morgan fingerprint density at radius 3 is 2.64 bits per heavy atom. The normalized spacial score (nSPS) is 21.6. The maximum absolute atomic E-state index is 13.1. The highest BCUT2D eigenvalue weighted by Gasteiger charge is 2.30. The Morgan fingerprint density at radius 1 is 1.12 bits per heavy atom. The van der Waals surface area contributed by atoms with E-state index in [9.17, 15) is 9.18 Å². The SMILES string of the molecule is O=C(c1cc(-c2ccc(F)cc2)n[nH]1)N1CCCC(N2CCCC2)C1. The molecule has 2 saturated heterocycles. The Bertz CT molecular complexity index is 736. The number of hydrogen-bond donors (Lipinski definition) is 1. The standard InChI is InChI=1S/C19H23FN4O/c20-15-7-5-14(6-8-15)17-12-18(22-21-17)19(25)24-11-3-4-16(13-24)23-9-1-2-10-23/h5-8,12,16H,1-4,9-11,13H2,(H,21,22). The fraction of sp³-hybridized carbons (Fsp3) is 0.474. The summed E-state index contributed by atoms with van der Waals surface area (Å²) in [6, 6.07) is 8.39. The number of nitrogens with one attached hydrogen (secondary N) is 1. The Morgan fingerprint density at radius 2 is 1.88 bits per heavy atom. The minimum atomic E-state index is -0.281. The molecule has 3 heterocycles. The van der Waals surface area contributed by atoms with Crippen LogP contribution in [0.5, 0.6) is 0 Å². The Balaban J connectivity index is 1.46. The van der Waals surface area contributed by atoms with Crippen molar-refractivity contribution in [3.05, 3.63) is 41.8 Å². The van der Waals surface area contributed by atoms with E-state index in [-0.39, 0.29) is 11.7 Å². The number of nitrogens with zero attached hydrogens (tertiary/aromatic N) is 3. The summed E-state index contributed by atoms with van der Waals surface area (Å²) in [5.74, 6) is -0.276. The molecule has 132 valence electrons. The van der Waals surface area contributed by atoms with Crippen LogP contribution in [0.2, 0.25) is 0 Å². The fourth-order valence-electron chi connectivity index (χ4n) is 3.91. The second-order valence-electron chi connectivity index (χ2n) is 6.96. The van der Waals surface area contributed by atoms with Crippen molar-refractivity contribution in [1.29, 1.82) is 0 Å². The van der Waals surface area contributed by atoms with Gasteiger partial charge in [0.05, 0.1) is 5.69 Å². The molecule has 2 aliphatic heterocycles. The van der Waals surface area contributed by atoms with Gasteiger partial charge in [-0.1, -0.05) is 0 Å². The van der Waals surface area contributed by atoms with Crippen molar-refractivity contribution < 1.29 is 9.18 Å². The molecule has 2 fully saturated rings. The maximum Gasteiger partial charge on any atom is 0.271 e. The molecule has 0 saturated carbocycles. The summed E-state index contributed by atoms with van der Waals surface area (Å²) in [6.45, 7) is 3.91. The van der Waals surface area contributed by atoms with Crippen LogP contribution in [0.3, 0.4) is 0 Å². The lowest BCUT2D eigenvalue weighted by molar-refractivity contribution is 0.0602. The topological polar surface area (TPSA) is 52.2 Å². The number of benzene rings is 1. The zero-order chi connectivity index (χ0) is 17.2. The van der Waals surface area contributed by atoms with E-state index in [1.807, 2.05) is 4.90 Å². The second kappa shape index (κ2) is 6.96. The number of rotatable bonds is 3. The number of piperidine rings is 1. The largest absolute Gasteiger partial charge is 0.336 e. The minimum Gasteiger partial charge on any atom is -0.336 e. The van der Waals surface area contributed by atoms with Gasteiger partial charge in [0.15, 0.2) is 0 Å². The molecule has 1 aromatic heterocycles. The number of likely N-dealkylation sites (tertiary alicyclic amines) is 2. The molecule has 1 aromatic carbocycles. The highest BCUT2D eigenvalue weighted by atomic mass is 19.1. The van der Waals surface area contributed by atoms with E-state index < -0.39 is 0 Å². The molecule has 0 bridgehead atoms. The van der Waals surface area contributed by atoms with Gasteiger partial charge in [0.2, 0.25) is 0 Å². The van der Waals surface area contributed by atoms with Crippen LogP contribution in [0.15, 0.2) is 30.3 Å². The molecule has 0 aliphatic carbocycles. The summed E-state index contributed by atoms with van der Waals surface area (Å²) in [7, 11) is 0. The number of carbonyl (C=O) groups excluding carboxylic acids is 1. The van der Waals surface area contributed by atoms with E-state index in [2.05, 4.69) is 15.1 Å². The molecule has 4 rings (SSSR count). The molecular formula is C19H23FN4O. The number of H-pyrrole nitrogens is 1. The zero-order valence-electron chi connectivity index (χ0n) is 14.2. The molecule has 1 atom stereocenters. The van der Waals surface area contributed by atoms with Crippen LogP contribution in [-0.2, 0) is 0 Å². The molecule has 1 unspecified atom stereocenters. The summed E-state index contributed by atoms with van der Waals surface area (Å²) < 4.78 is 13.1. The molecular weight excluding hydrogens is 319 g/mol. The summed E-state index contributed by atoms with van der Waals surface area (Å²) in [5.41, 5.74) is 1.96. The highest BCUT2D eigenvalue weighted by Crippen LogP contribution is 2.23. The predicted octanol–water partition coefficient (Wildman–Crippen LogP) is 2.92. The smallest absolute Gasteiger partial charge is 0.271 e. The molecule has 2 aliphatic rings. The number of aromatic amines is 1. The van der Waals surface area contributed by atoms with Gasteiger partial charge in [-0.3, -0.25) is 14.8 Å². The van der Waals surface area contributed by atoms with Crippen LogP contribution >= 0.6 is 0 Å². The molecule has 1 amide bonds. The first kappa shape index (κ1) is 16.3. The summed E-state index contributed by atoms with van der Waals surface area (Å²) >= 11 is 0. The maximum atomic E-state index is 13.1. The average molecular weight is 342 g/mol. The molecule has 1 N–H and O–H groups in total. The molecule has 0 radical (unpaired) electrons. The Kier molecular flexibility index (Phi) is 4.53. The third-order valence-electron chi connectivity index (χ3n) is 5.29. The van der Waals surface area contributed by atoms with Crippen LogP contribution in [0.25, 0.3) is 11.3 Å². The number of amides is 1. The minimum absolute atomic E-state index is 0.00441. The van der Waals surface area contributed by atoms with E-state index in [0.29, 0.717) is 17.4 Å². The molecule has 6 heteroatoms. The summed E-state index contributed by atoms with van der Waals surface area (Å²) in [6.07, 6.45) is 4.76. The van der Waals surface area contributed by atoms with Crippen LogP contribution in [-0.4, -0.2) is 58.1 Å². The van der Waals surface area contributed by atoms with Gasteiger partial charge in [-0.2, -0.15) is 5.10 Å². The third-order valence-corrected chi connectivity index (χ3v) is 5.29. The molecule has 2 aromatic rings. The van der Waals surface area contributed by atoms with Crippen LogP contribution in [0.4, 0.5) is 4.39 Å². The van der Waals surface area contributed by atoms with Crippen LogP contribution < -0.4 is 0 Å². The van der Waals surface area contributed by atoms with Gasteiger partial charge < -0.3 is 4.90 Å². The van der Waals surface area contributed by atoms with Crippen molar-refractivity contribution in [3.8, 4) is 11.3 Å². The Hall–Kier alpha value is -2.21. The van der Waals surface area contributed by atoms with E-state index in [0.717, 1.165) is 38.2 Å². The van der Waals surface area contributed by atoms with Crippen molar-refractivity contribution in [2.75, 3.05) is 26.2 Å². The van der Waals surface area contributed by atoms with Crippen molar-refractivity contribution in [2.45, 2.75) is 31.7 Å². The molecule has 25 heavy (non-hydrogen) atoms. The van der Waals surface area contributed by atoms with Crippen molar-refractivity contribution in [3.63, 3.8) is 0 Å². The van der Waals surface area contributed by atoms with Gasteiger partial charge >= 0.3 is 0 Å². The van der Waals surface area contributed by atoms with Gasteiger partial charge in [-0.25, -0.2) is 4.39 Å². The fourth-order valence-corrected chi connectivity index (χ4v) is 3.91. The lowest BCUT2D eigenvalue weighted by Gasteiger charge is -2.37. The molecule has 0 spiro atoms. The van der Waals surface area contributed by atoms with Crippen molar-refractivity contribution in [2.24, 2.45) is 0 Å². The van der Waals surface area contributed by atoms with E-state index in [1.165, 1.54) is 31.4 Å². The van der Waals surface area contributed by atoms with Gasteiger partial charge in [-0.05, 0) is 69.1 Å². The summed E-state index contributed by atoms with van der Waals surface area (Å²) in [5, 5.41) is 7.07. The first-order valence-electron chi connectivity index (χ1n) is 9.05. The van der Waals surface area contributed by atoms with Gasteiger partial charge in [0.25, 0.3) is 5.91 Å². The third kappa shape index (κ3) is 3.44. The van der Waals surface area contributed by atoms with E-state index in [1.54, 1.807) is 18.2 Å². The number of aromatic nitrogens is 2. The van der Waals surface area contributed by atoms with Crippen molar-refractivity contribution >= 4 is 5.91 Å². The summed E-state index contributed by atoms with van der Waals surface area (Å²) in [4.78, 5) is 17.3. The molecule has 5 nitrogen and oxygen atoms in total. The Labute approximate surface area is 146 Å². The monoisotopic (exact) mass is 342 g/mol. The van der Waals surface area contributed by atoms with Crippen molar-refractivity contribution in [1.82, 2.24) is 20.0 Å². The second-order valence-corrected chi connectivity index (χ2v) is 6.96. The van der Waals surface area contributed by atoms with Crippen LogP contribution in [0, 0.1) is 5.82 Å². The quantitative estimate of drug-likeness (QED) is 0.933. The van der Waals surface area contributed by atoms with Gasteiger partial charge in [-0.15, -0.1) is 0 Å². The first-order chi connectivity index (χ1) is 12.2. The van der Waals surface area contributed by atoms with Crippen LogP contribution in [0.1, 0.15) is 36.2 Å². The zero-order valence-corrected chi connectivity index (χ0v) is 14.2.